The molecule has 0 unspecified atom stereocenters. The molecule has 2 atom stereocenters. The summed E-state index contributed by atoms with van der Waals surface area (Å²) in [6, 6.07) is 9.38. The van der Waals surface area contributed by atoms with Gasteiger partial charge in [-0.3, -0.25) is 0 Å². The summed E-state index contributed by atoms with van der Waals surface area (Å²) in [6.07, 6.45) is 4.25. The highest BCUT2D eigenvalue weighted by Gasteiger charge is 2.46. The predicted molar refractivity (Wildman–Crippen MR) is 135 cm³/mol. The van der Waals surface area contributed by atoms with E-state index in [9.17, 15) is 18.4 Å². The van der Waals surface area contributed by atoms with Crippen molar-refractivity contribution in [3.8, 4) is 11.8 Å². The molecule has 2 aliphatic rings. The van der Waals surface area contributed by atoms with Gasteiger partial charge in [0.25, 0.3) is 0 Å². The number of ether oxygens (including phenoxy) is 2. The summed E-state index contributed by atoms with van der Waals surface area (Å²) in [4.78, 5) is 22.5. The first-order valence-corrected chi connectivity index (χ1v) is 13.1. The molecule has 0 aromatic heterocycles. The Hall–Kier alpha value is -3.28. The lowest BCUT2D eigenvalue weighted by Crippen LogP contribution is -2.36. The van der Waals surface area contributed by atoms with Crippen LogP contribution in [-0.2, 0) is 25.5 Å². The van der Waals surface area contributed by atoms with Crippen LogP contribution in [0.2, 0.25) is 0 Å². The molecule has 4 rings (SSSR count). The summed E-state index contributed by atoms with van der Waals surface area (Å²) >= 11 is 0. The van der Waals surface area contributed by atoms with Gasteiger partial charge in [-0.25, -0.2) is 18.4 Å². The molecule has 1 heterocycles. The van der Waals surface area contributed by atoms with Crippen molar-refractivity contribution in [1.82, 2.24) is 0 Å². The average molecular weight is 527 g/mol. The molecule has 2 N–H and O–H groups in total. The van der Waals surface area contributed by atoms with E-state index in [0.717, 1.165) is 25.2 Å². The van der Waals surface area contributed by atoms with E-state index < -0.39 is 42.1 Å². The molecule has 2 aromatic rings. The van der Waals surface area contributed by atoms with E-state index in [1.165, 1.54) is 31.7 Å². The van der Waals surface area contributed by atoms with Crippen molar-refractivity contribution in [3.63, 3.8) is 0 Å². The zero-order valence-electron chi connectivity index (χ0n) is 21.3. The average Bonchev–Trinajstić information content (AvgIpc) is 3.37. The fraction of sp³-hybridized carbons (Fsp3) is 0.467. The van der Waals surface area contributed by atoms with E-state index in [-0.39, 0.29) is 5.56 Å². The van der Waals surface area contributed by atoms with Crippen molar-refractivity contribution in [1.29, 1.82) is 0 Å². The first-order valence-electron chi connectivity index (χ1n) is 13.1. The van der Waals surface area contributed by atoms with Crippen molar-refractivity contribution in [2.75, 3.05) is 0 Å². The lowest BCUT2D eigenvalue weighted by Gasteiger charge is -2.28. The van der Waals surface area contributed by atoms with Gasteiger partial charge in [0, 0.05) is 11.1 Å². The van der Waals surface area contributed by atoms with Gasteiger partial charge in [-0.1, -0.05) is 75.5 Å². The van der Waals surface area contributed by atoms with Gasteiger partial charge in [0.05, 0.1) is 5.56 Å². The molecule has 2 fully saturated rings. The van der Waals surface area contributed by atoms with Crippen molar-refractivity contribution >= 4 is 11.9 Å². The molecule has 6 nitrogen and oxygen atoms in total. The van der Waals surface area contributed by atoms with E-state index in [1.807, 2.05) is 0 Å². The summed E-state index contributed by atoms with van der Waals surface area (Å²) in [5.41, 5.74) is 1.25. The minimum Gasteiger partial charge on any atom is -0.479 e. The Labute approximate surface area is 221 Å². The fourth-order valence-corrected chi connectivity index (χ4v) is 5.29. The van der Waals surface area contributed by atoms with Gasteiger partial charge < -0.3 is 19.7 Å². The van der Waals surface area contributed by atoms with E-state index >= 15 is 0 Å². The molecular weight excluding hydrogens is 494 g/mol. The Morgan fingerprint density at radius 3 is 1.97 bits per heavy atom. The molecule has 8 heteroatoms. The molecule has 1 aliphatic heterocycles. The number of carboxylic acid groups (broad SMARTS) is 2. The monoisotopic (exact) mass is 526 g/mol. The minimum atomic E-state index is -1.63. The molecular formula is C30H32F2O6. The number of halogens is 2. The molecule has 1 saturated carbocycles. The van der Waals surface area contributed by atoms with E-state index in [1.54, 1.807) is 30.3 Å². The quantitative estimate of drug-likeness (QED) is 0.419. The predicted octanol–water partition coefficient (Wildman–Crippen LogP) is 5.86. The third kappa shape index (κ3) is 6.58. The third-order valence-electron chi connectivity index (χ3n) is 7.47. The highest BCUT2D eigenvalue weighted by molar-refractivity contribution is 5.84. The molecule has 0 bridgehead atoms. The fourth-order valence-electron chi connectivity index (χ4n) is 5.29. The second-order valence-electron chi connectivity index (χ2n) is 10.1. The van der Waals surface area contributed by atoms with Crippen LogP contribution in [0.15, 0.2) is 36.4 Å². The van der Waals surface area contributed by atoms with Crippen molar-refractivity contribution in [2.45, 2.75) is 76.8 Å². The third-order valence-corrected chi connectivity index (χ3v) is 7.47. The number of aliphatic carboxylic acids is 2. The number of carboxylic acids is 2. The molecule has 0 amide bonds. The Kier molecular flexibility index (Phi) is 9.13. The van der Waals surface area contributed by atoms with E-state index in [4.69, 9.17) is 19.7 Å². The lowest BCUT2D eigenvalue weighted by atomic mass is 9.78. The van der Waals surface area contributed by atoms with Crippen LogP contribution in [0.1, 0.15) is 80.4 Å². The molecule has 38 heavy (non-hydrogen) atoms. The maximum atomic E-state index is 14.8. The Morgan fingerprint density at radius 2 is 1.42 bits per heavy atom. The highest BCUT2D eigenvalue weighted by Crippen LogP contribution is 2.34. The topological polar surface area (TPSA) is 93.1 Å². The van der Waals surface area contributed by atoms with Gasteiger partial charge in [0.15, 0.2) is 30.1 Å². The first kappa shape index (κ1) is 27.7. The largest absolute Gasteiger partial charge is 0.479 e. The van der Waals surface area contributed by atoms with Crippen LogP contribution in [0.5, 0.6) is 0 Å². The van der Waals surface area contributed by atoms with Crippen LogP contribution in [0.4, 0.5) is 8.78 Å². The molecule has 1 saturated heterocycles. The number of benzene rings is 2. The van der Waals surface area contributed by atoms with Crippen molar-refractivity contribution < 1.29 is 38.1 Å². The normalized spacial score (nSPS) is 23.6. The van der Waals surface area contributed by atoms with Gasteiger partial charge in [-0.2, -0.15) is 0 Å². The summed E-state index contributed by atoms with van der Waals surface area (Å²) in [5, 5.41) is 18.3. The van der Waals surface area contributed by atoms with Gasteiger partial charge in [-0.05, 0) is 48.4 Å². The zero-order valence-corrected chi connectivity index (χ0v) is 21.3. The van der Waals surface area contributed by atoms with Gasteiger partial charge in [-0.15, -0.1) is 0 Å². The number of rotatable bonds is 8. The van der Waals surface area contributed by atoms with E-state index in [2.05, 4.69) is 18.8 Å². The summed E-state index contributed by atoms with van der Waals surface area (Å²) in [5.74, 6) is 2.18. The van der Waals surface area contributed by atoms with Crippen LogP contribution < -0.4 is 0 Å². The van der Waals surface area contributed by atoms with Crippen LogP contribution in [0, 0.1) is 35.3 Å². The van der Waals surface area contributed by atoms with Gasteiger partial charge >= 0.3 is 11.9 Å². The maximum absolute atomic E-state index is 14.8. The number of hydrogen-bond donors (Lipinski definition) is 2. The van der Waals surface area contributed by atoms with Gasteiger partial charge in [0.1, 0.15) is 0 Å². The minimum absolute atomic E-state index is 0.0357. The Balaban J connectivity index is 1.36. The Morgan fingerprint density at radius 1 is 0.842 bits per heavy atom. The maximum Gasteiger partial charge on any atom is 0.336 e. The zero-order chi connectivity index (χ0) is 27.2. The first-order chi connectivity index (χ1) is 18.3. The standard InChI is InChI=1S/C30H32F2O6/c1-2-3-18-4-6-19(7-5-18)8-12-21-16-17-22(25(32)24(21)31)13-9-20-10-14-23(15-11-20)30-37-26(28(33)34)27(38-30)29(35)36/h10-11,14-19,26-27,30H,2-8,12H2,1H3,(H,33,34)(H,35,36)/t18?,19?,26-,27-/m1/s1. The summed E-state index contributed by atoms with van der Waals surface area (Å²) in [6.45, 7) is 2.22. The number of aryl methyl sites for hydroxylation is 1. The second kappa shape index (κ2) is 12.5. The van der Waals surface area contributed by atoms with Crippen molar-refractivity contribution in [2.24, 2.45) is 11.8 Å². The van der Waals surface area contributed by atoms with Crippen LogP contribution in [0.25, 0.3) is 0 Å². The van der Waals surface area contributed by atoms with Gasteiger partial charge in [0.2, 0.25) is 0 Å². The molecule has 2 aromatic carbocycles. The van der Waals surface area contributed by atoms with E-state index in [0.29, 0.717) is 29.0 Å². The molecule has 0 radical (unpaired) electrons. The molecule has 0 spiro atoms. The number of carbonyl (C=O) groups is 2. The molecule has 202 valence electrons. The Bertz CT molecular complexity index is 1190. The smallest absolute Gasteiger partial charge is 0.336 e. The van der Waals surface area contributed by atoms with Crippen LogP contribution >= 0.6 is 0 Å². The van der Waals surface area contributed by atoms with Crippen LogP contribution in [0.3, 0.4) is 0 Å². The molecule has 1 aliphatic carbocycles. The highest BCUT2D eigenvalue weighted by atomic mass is 19.2. The van der Waals surface area contributed by atoms with Crippen LogP contribution in [-0.4, -0.2) is 34.4 Å². The SMILES string of the molecule is CCCC1CCC(CCc2ccc(C#Cc3ccc(C4O[C@@H](C(=O)O)[C@H](C(=O)O)O4)cc3)c(F)c2F)CC1. The van der Waals surface area contributed by atoms with Crippen molar-refractivity contribution in [3.05, 3.63) is 70.3 Å². The summed E-state index contributed by atoms with van der Waals surface area (Å²) in [7, 11) is 0. The number of hydrogen-bond acceptors (Lipinski definition) is 4. The summed E-state index contributed by atoms with van der Waals surface area (Å²) < 4.78 is 40.0. The lowest BCUT2D eigenvalue weighted by molar-refractivity contribution is -0.156. The second-order valence-corrected chi connectivity index (χ2v) is 10.1.